The molecule has 1 amide bonds. The molecular formula is C18H19N3O3S. The Bertz CT molecular complexity index is 1020. The number of fused-ring (bicyclic) bond motifs is 1. The van der Waals surface area contributed by atoms with Crippen molar-refractivity contribution in [1.29, 1.82) is 0 Å². The van der Waals surface area contributed by atoms with E-state index in [2.05, 4.69) is 24.4 Å². The van der Waals surface area contributed by atoms with Gasteiger partial charge in [0.1, 0.15) is 6.54 Å². The van der Waals surface area contributed by atoms with Gasteiger partial charge in [-0.3, -0.25) is 4.79 Å². The number of aromatic nitrogens is 1. The van der Waals surface area contributed by atoms with Gasteiger partial charge in [-0.15, -0.1) is 0 Å². The fourth-order valence-corrected chi connectivity index (χ4v) is 3.21. The zero-order valence-electron chi connectivity index (χ0n) is 13.8. The van der Waals surface area contributed by atoms with Crippen LogP contribution in [0.25, 0.3) is 10.9 Å². The topological polar surface area (TPSA) is 94.2 Å². The molecule has 1 aromatic heterocycles. The predicted octanol–water partition coefficient (Wildman–Crippen LogP) is 2.49. The third kappa shape index (κ3) is 3.89. The Kier molecular flexibility index (Phi) is 4.61. The standard InChI is InChI=1S/C18H19N3O3S/c1-2-13-3-8-17-14(11-13)9-10-21(17)12-18(22)20-15-4-6-16(7-5-15)25(19,23)24/h3-11H,2,12H2,1H3,(H,20,22)(H2,19,23,24). The first-order valence-electron chi connectivity index (χ1n) is 7.87. The Balaban J connectivity index is 1.72. The van der Waals surface area contributed by atoms with Crippen LogP contribution in [0.4, 0.5) is 5.69 Å². The van der Waals surface area contributed by atoms with Gasteiger partial charge in [-0.25, -0.2) is 13.6 Å². The molecular weight excluding hydrogens is 338 g/mol. The van der Waals surface area contributed by atoms with Gasteiger partial charge in [-0.2, -0.15) is 0 Å². The molecule has 0 aliphatic heterocycles. The van der Waals surface area contributed by atoms with E-state index in [9.17, 15) is 13.2 Å². The number of sulfonamides is 1. The summed E-state index contributed by atoms with van der Waals surface area (Å²) >= 11 is 0. The molecule has 0 aliphatic rings. The van der Waals surface area contributed by atoms with Crippen molar-refractivity contribution in [3.8, 4) is 0 Å². The third-order valence-corrected chi connectivity index (χ3v) is 4.95. The lowest BCUT2D eigenvalue weighted by Gasteiger charge is -2.08. The molecule has 7 heteroatoms. The van der Waals surface area contributed by atoms with E-state index in [1.54, 1.807) is 0 Å². The minimum atomic E-state index is -3.74. The van der Waals surface area contributed by atoms with Gasteiger partial charge in [0.2, 0.25) is 15.9 Å². The van der Waals surface area contributed by atoms with Crippen molar-refractivity contribution in [3.05, 3.63) is 60.3 Å². The first-order chi connectivity index (χ1) is 11.9. The number of benzene rings is 2. The molecule has 3 aromatic rings. The Morgan fingerprint density at radius 3 is 2.48 bits per heavy atom. The van der Waals surface area contributed by atoms with E-state index in [1.165, 1.54) is 29.8 Å². The molecule has 0 radical (unpaired) electrons. The van der Waals surface area contributed by atoms with Crippen molar-refractivity contribution in [2.24, 2.45) is 5.14 Å². The van der Waals surface area contributed by atoms with Crippen LogP contribution in [0.3, 0.4) is 0 Å². The molecule has 2 aromatic carbocycles. The van der Waals surface area contributed by atoms with Crippen LogP contribution in [0, 0.1) is 0 Å². The molecule has 0 unspecified atom stereocenters. The monoisotopic (exact) mass is 357 g/mol. The van der Waals surface area contributed by atoms with Crippen LogP contribution in [0.5, 0.6) is 0 Å². The summed E-state index contributed by atoms with van der Waals surface area (Å²) in [4.78, 5) is 12.3. The Morgan fingerprint density at radius 1 is 1.12 bits per heavy atom. The fraction of sp³-hybridized carbons (Fsp3) is 0.167. The summed E-state index contributed by atoms with van der Waals surface area (Å²) < 4.78 is 24.3. The first-order valence-corrected chi connectivity index (χ1v) is 9.42. The minimum absolute atomic E-state index is 0.00799. The maximum atomic E-state index is 12.3. The fourth-order valence-electron chi connectivity index (χ4n) is 2.69. The average molecular weight is 357 g/mol. The lowest BCUT2D eigenvalue weighted by Crippen LogP contribution is -2.18. The molecule has 6 nitrogen and oxygen atoms in total. The van der Waals surface area contributed by atoms with E-state index >= 15 is 0 Å². The van der Waals surface area contributed by atoms with E-state index in [1.807, 2.05) is 22.9 Å². The van der Waals surface area contributed by atoms with Gasteiger partial charge in [0.05, 0.1) is 4.90 Å². The number of carbonyl (C=O) groups excluding carboxylic acids is 1. The Morgan fingerprint density at radius 2 is 1.84 bits per heavy atom. The minimum Gasteiger partial charge on any atom is -0.338 e. The van der Waals surface area contributed by atoms with Gasteiger partial charge in [0.25, 0.3) is 0 Å². The van der Waals surface area contributed by atoms with Gasteiger partial charge in [-0.1, -0.05) is 13.0 Å². The molecule has 0 atom stereocenters. The zero-order chi connectivity index (χ0) is 18.0. The molecule has 0 bridgehead atoms. The number of hydrogen-bond donors (Lipinski definition) is 2. The predicted molar refractivity (Wildman–Crippen MR) is 97.8 cm³/mol. The second-order valence-corrected chi connectivity index (χ2v) is 7.37. The SMILES string of the molecule is CCc1ccc2c(ccn2CC(=O)Nc2ccc(S(N)(=O)=O)cc2)c1. The Hall–Kier alpha value is -2.64. The number of aryl methyl sites for hydroxylation is 1. The van der Waals surface area contributed by atoms with Crippen molar-refractivity contribution < 1.29 is 13.2 Å². The summed E-state index contributed by atoms with van der Waals surface area (Å²) in [5.41, 5.74) is 2.77. The largest absolute Gasteiger partial charge is 0.338 e. The van der Waals surface area contributed by atoms with Gasteiger partial charge in [-0.05, 0) is 59.8 Å². The van der Waals surface area contributed by atoms with Crippen molar-refractivity contribution in [3.63, 3.8) is 0 Å². The average Bonchev–Trinajstić information content (AvgIpc) is 2.96. The smallest absolute Gasteiger partial charge is 0.244 e. The number of nitrogens with one attached hydrogen (secondary N) is 1. The molecule has 25 heavy (non-hydrogen) atoms. The Labute approximate surface area is 146 Å². The van der Waals surface area contributed by atoms with Gasteiger partial charge >= 0.3 is 0 Å². The second kappa shape index (κ2) is 6.70. The van der Waals surface area contributed by atoms with E-state index < -0.39 is 10.0 Å². The van der Waals surface area contributed by atoms with Gasteiger partial charge < -0.3 is 9.88 Å². The molecule has 0 fully saturated rings. The summed E-state index contributed by atoms with van der Waals surface area (Å²) in [5.74, 6) is -0.194. The molecule has 0 aliphatic carbocycles. The van der Waals surface area contributed by atoms with Crippen LogP contribution >= 0.6 is 0 Å². The molecule has 1 heterocycles. The number of carbonyl (C=O) groups is 1. The highest BCUT2D eigenvalue weighted by molar-refractivity contribution is 7.89. The van der Waals surface area contributed by atoms with Crippen LogP contribution in [0.1, 0.15) is 12.5 Å². The summed E-state index contributed by atoms with van der Waals surface area (Å²) in [7, 11) is -3.74. The zero-order valence-corrected chi connectivity index (χ0v) is 14.6. The number of hydrogen-bond acceptors (Lipinski definition) is 3. The number of rotatable bonds is 5. The van der Waals surface area contributed by atoms with E-state index in [0.717, 1.165) is 17.3 Å². The van der Waals surface area contributed by atoms with Gasteiger partial charge in [0, 0.05) is 17.4 Å². The van der Waals surface area contributed by atoms with Crippen molar-refractivity contribution in [2.75, 3.05) is 5.32 Å². The maximum Gasteiger partial charge on any atom is 0.244 e. The highest BCUT2D eigenvalue weighted by Crippen LogP contribution is 2.18. The van der Waals surface area contributed by atoms with Crippen LogP contribution in [-0.4, -0.2) is 18.9 Å². The van der Waals surface area contributed by atoms with Gasteiger partial charge in [0.15, 0.2) is 0 Å². The summed E-state index contributed by atoms with van der Waals surface area (Å²) in [6.07, 6.45) is 2.85. The molecule has 0 saturated carbocycles. The number of nitrogens with two attached hydrogens (primary N) is 1. The highest BCUT2D eigenvalue weighted by atomic mass is 32.2. The quantitative estimate of drug-likeness (QED) is 0.734. The van der Waals surface area contributed by atoms with Crippen molar-refractivity contribution in [2.45, 2.75) is 24.8 Å². The highest BCUT2D eigenvalue weighted by Gasteiger charge is 2.09. The van der Waals surface area contributed by atoms with E-state index in [-0.39, 0.29) is 17.3 Å². The summed E-state index contributed by atoms with van der Waals surface area (Å²) in [6, 6.07) is 13.9. The third-order valence-electron chi connectivity index (χ3n) is 4.02. The summed E-state index contributed by atoms with van der Waals surface area (Å²) in [5, 5.41) is 8.91. The second-order valence-electron chi connectivity index (χ2n) is 5.81. The normalized spacial score (nSPS) is 11.6. The number of primary sulfonamides is 1. The lowest BCUT2D eigenvalue weighted by atomic mass is 10.1. The molecule has 3 rings (SSSR count). The lowest BCUT2D eigenvalue weighted by molar-refractivity contribution is -0.116. The van der Waals surface area contributed by atoms with Crippen LogP contribution in [-0.2, 0) is 27.8 Å². The van der Waals surface area contributed by atoms with E-state index in [0.29, 0.717) is 5.69 Å². The number of amides is 1. The molecule has 3 N–H and O–H groups in total. The van der Waals surface area contributed by atoms with Crippen LogP contribution < -0.4 is 10.5 Å². The molecule has 0 spiro atoms. The summed E-state index contributed by atoms with van der Waals surface area (Å²) in [6.45, 7) is 2.28. The molecule has 0 saturated heterocycles. The number of anilines is 1. The van der Waals surface area contributed by atoms with Crippen LogP contribution in [0.15, 0.2) is 59.6 Å². The van der Waals surface area contributed by atoms with E-state index in [4.69, 9.17) is 5.14 Å². The van der Waals surface area contributed by atoms with Crippen molar-refractivity contribution in [1.82, 2.24) is 4.57 Å². The molecule has 130 valence electrons. The van der Waals surface area contributed by atoms with Crippen molar-refractivity contribution >= 4 is 32.5 Å². The number of nitrogens with zero attached hydrogens (tertiary/aromatic N) is 1. The first kappa shape index (κ1) is 17.2. The maximum absolute atomic E-state index is 12.3. The van der Waals surface area contributed by atoms with Crippen LogP contribution in [0.2, 0.25) is 0 Å².